The number of esters is 1. The van der Waals surface area contributed by atoms with Crippen LogP contribution in [0.5, 0.6) is 11.5 Å². The van der Waals surface area contributed by atoms with Gasteiger partial charge < -0.3 is 30.2 Å². The summed E-state index contributed by atoms with van der Waals surface area (Å²) in [6, 6.07) is 13.4. The Hall–Kier alpha value is -5.45. The largest absolute Gasteiger partial charge is 0.493 e. The third-order valence-electron chi connectivity index (χ3n) is 7.35. The van der Waals surface area contributed by atoms with E-state index in [1.807, 2.05) is 34.9 Å². The second kappa shape index (κ2) is 13.2. The Bertz CT molecular complexity index is 1870. The molecule has 4 N–H and O–H groups in total. The summed E-state index contributed by atoms with van der Waals surface area (Å²) in [7, 11) is 3.21. The smallest absolute Gasteiger partial charge is 0.343 e. The number of carbonyl (C=O) groups excluding carboxylic acids is 1. The van der Waals surface area contributed by atoms with Gasteiger partial charge in [-0.15, -0.1) is 0 Å². The lowest BCUT2D eigenvalue weighted by atomic mass is 9.97. The van der Waals surface area contributed by atoms with E-state index in [4.69, 9.17) is 25.7 Å². The second-order valence-electron chi connectivity index (χ2n) is 10.2. The monoisotopic (exact) mass is 594 g/mol. The predicted molar refractivity (Wildman–Crippen MR) is 168 cm³/mol. The maximum Gasteiger partial charge on any atom is 0.343 e. The van der Waals surface area contributed by atoms with Crippen LogP contribution in [0.15, 0.2) is 72.0 Å². The van der Waals surface area contributed by atoms with E-state index in [1.54, 1.807) is 52.0 Å². The Kier molecular flexibility index (Phi) is 9.03. The molecule has 0 fully saturated rings. The van der Waals surface area contributed by atoms with Gasteiger partial charge in [0.15, 0.2) is 11.5 Å². The lowest BCUT2D eigenvalue weighted by Gasteiger charge is -2.17. The van der Waals surface area contributed by atoms with E-state index >= 15 is 0 Å². The van der Waals surface area contributed by atoms with Crippen LogP contribution in [0, 0.1) is 0 Å². The van der Waals surface area contributed by atoms with Crippen molar-refractivity contribution >= 4 is 28.6 Å². The summed E-state index contributed by atoms with van der Waals surface area (Å²) in [5.41, 5.74) is 16.7. The Balaban J connectivity index is 1.50. The highest BCUT2D eigenvalue weighted by molar-refractivity contribution is 5.94. The number of hydrogen-bond donors (Lipinski definition) is 2. The van der Waals surface area contributed by atoms with E-state index in [1.165, 1.54) is 0 Å². The maximum absolute atomic E-state index is 13.3. The van der Waals surface area contributed by atoms with Crippen molar-refractivity contribution in [3.8, 4) is 11.5 Å². The quantitative estimate of drug-likeness (QED) is 0.214. The number of aromatic nitrogens is 4. The van der Waals surface area contributed by atoms with E-state index in [2.05, 4.69) is 21.0 Å². The minimum absolute atomic E-state index is 0.00180. The summed E-state index contributed by atoms with van der Waals surface area (Å²) in [5, 5.41) is 0.443. The van der Waals surface area contributed by atoms with Crippen molar-refractivity contribution in [2.45, 2.75) is 32.7 Å². The van der Waals surface area contributed by atoms with Crippen LogP contribution in [-0.4, -0.2) is 46.3 Å². The molecule has 0 bridgehead atoms. The van der Waals surface area contributed by atoms with Gasteiger partial charge in [0.2, 0.25) is 11.4 Å². The van der Waals surface area contributed by atoms with E-state index in [9.17, 15) is 9.59 Å². The van der Waals surface area contributed by atoms with Crippen molar-refractivity contribution in [3.63, 3.8) is 0 Å². The molecular formula is C33H34N6O5. The Morgan fingerprint density at radius 1 is 0.932 bits per heavy atom. The first-order valence-electron chi connectivity index (χ1n) is 14.1. The van der Waals surface area contributed by atoms with Crippen molar-refractivity contribution in [2.75, 3.05) is 32.3 Å². The van der Waals surface area contributed by atoms with Crippen LogP contribution in [0.4, 0.5) is 11.8 Å². The molecule has 0 unspecified atom stereocenters. The first-order chi connectivity index (χ1) is 21.3. The third-order valence-corrected chi connectivity index (χ3v) is 7.35. The van der Waals surface area contributed by atoms with Crippen LogP contribution < -0.4 is 26.4 Å². The Morgan fingerprint density at radius 3 is 2.43 bits per heavy atom. The van der Waals surface area contributed by atoms with Gasteiger partial charge >= 0.3 is 5.97 Å². The van der Waals surface area contributed by atoms with Gasteiger partial charge in [-0.1, -0.05) is 12.1 Å². The summed E-state index contributed by atoms with van der Waals surface area (Å²) in [5.74, 6) is 1.06. The molecule has 0 saturated heterocycles. The lowest BCUT2D eigenvalue weighted by molar-refractivity contribution is 0.0524. The normalized spacial score (nSPS) is 11.0. The summed E-state index contributed by atoms with van der Waals surface area (Å²) in [6.45, 7) is 2.33. The van der Waals surface area contributed by atoms with Crippen LogP contribution in [0.1, 0.15) is 45.1 Å². The molecule has 2 aromatic carbocycles. The molecule has 5 aromatic rings. The number of carbonyl (C=O) groups is 1. The topological polar surface area (TPSA) is 157 Å². The van der Waals surface area contributed by atoms with Crippen molar-refractivity contribution < 1.29 is 19.0 Å². The molecule has 3 aromatic heterocycles. The van der Waals surface area contributed by atoms with Gasteiger partial charge in [0.1, 0.15) is 11.4 Å². The summed E-state index contributed by atoms with van der Waals surface area (Å²) in [6.07, 6.45) is 8.39. The molecule has 0 spiro atoms. The van der Waals surface area contributed by atoms with E-state index in [-0.39, 0.29) is 23.5 Å². The molecule has 0 atom stereocenters. The molecule has 11 heteroatoms. The standard InChI is InChI=1S/C33H34N6O5/c1-4-44-32(41)26-19-39(18-21-9-11-36-12-10-21)27-15-20(6-8-25(27)29(26)40)5-7-23-13-22(16-28(42-2)30(23)43-3)14-24-17-37-33(35)38-31(24)34/h6,8-13,15-17,19H,4-5,7,14,18H2,1-3H3,(H4,34,35,37,38). The highest BCUT2D eigenvalue weighted by Gasteiger charge is 2.18. The van der Waals surface area contributed by atoms with Gasteiger partial charge in [-0.05, 0) is 72.4 Å². The number of ether oxygens (including phenoxy) is 3. The van der Waals surface area contributed by atoms with Crippen molar-refractivity contribution in [3.05, 3.63) is 111 Å². The number of aryl methyl sites for hydroxylation is 2. The molecule has 0 amide bonds. The van der Waals surface area contributed by atoms with Crippen LogP contribution in [0.2, 0.25) is 0 Å². The third kappa shape index (κ3) is 6.46. The zero-order valence-corrected chi connectivity index (χ0v) is 24.9. The zero-order valence-electron chi connectivity index (χ0n) is 24.9. The average Bonchev–Trinajstić information content (AvgIpc) is 3.03. The lowest BCUT2D eigenvalue weighted by Crippen LogP contribution is -2.21. The summed E-state index contributed by atoms with van der Waals surface area (Å²) < 4.78 is 18.5. The first kappa shape index (κ1) is 30.0. The minimum Gasteiger partial charge on any atom is -0.493 e. The summed E-state index contributed by atoms with van der Waals surface area (Å²) in [4.78, 5) is 38.2. The van der Waals surface area contributed by atoms with Gasteiger partial charge in [0, 0.05) is 48.7 Å². The summed E-state index contributed by atoms with van der Waals surface area (Å²) >= 11 is 0. The molecule has 0 saturated carbocycles. The van der Waals surface area contributed by atoms with E-state index in [0.717, 1.165) is 33.3 Å². The fourth-order valence-electron chi connectivity index (χ4n) is 5.23. The Morgan fingerprint density at radius 2 is 1.73 bits per heavy atom. The molecule has 0 aliphatic carbocycles. The van der Waals surface area contributed by atoms with Crippen molar-refractivity contribution in [1.82, 2.24) is 19.5 Å². The fraction of sp³-hybridized carbons (Fsp3) is 0.242. The van der Waals surface area contributed by atoms with Gasteiger partial charge in [0.05, 0.1) is 26.3 Å². The van der Waals surface area contributed by atoms with Gasteiger partial charge in [-0.25, -0.2) is 9.78 Å². The van der Waals surface area contributed by atoms with E-state index < -0.39 is 5.97 Å². The number of methoxy groups -OCH3 is 2. The van der Waals surface area contributed by atoms with Crippen LogP contribution in [0.25, 0.3) is 10.9 Å². The number of hydrogen-bond acceptors (Lipinski definition) is 10. The molecule has 44 heavy (non-hydrogen) atoms. The number of benzene rings is 2. The molecule has 0 aliphatic rings. The molecule has 226 valence electrons. The molecule has 3 heterocycles. The number of nitrogens with two attached hydrogens (primary N) is 2. The number of nitrogen functional groups attached to an aromatic ring is 2. The molecule has 11 nitrogen and oxygen atoms in total. The maximum atomic E-state index is 13.3. The van der Waals surface area contributed by atoms with Gasteiger partial charge in [-0.3, -0.25) is 9.78 Å². The number of pyridine rings is 2. The first-order valence-corrected chi connectivity index (χ1v) is 14.1. The average molecular weight is 595 g/mol. The van der Waals surface area contributed by atoms with Crippen LogP contribution >= 0.6 is 0 Å². The predicted octanol–water partition coefficient (Wildman–Crippen LogP) is 3.97. The number of rotatable bonds is 11. The Labute approximate surface area is 254 Å². The van der Waals surface area contributed by atoms with Crippen LogP contribution in [-0.2, 0) is 30.5 Å². The number of fused-ring (bicyclic) bond motifs is 1. The molecule has 0 aliphatic heterocycles. The van der Waals surface area contributed by atoms with Crippen LogP contribution in [0.3, 0.4) is 0 Å². The van der Waals surface area contributed by atoms with Gasteiger partial charge in [0.25, 0.3) is 0 Å². The van der Waals surface area contributed by atoms with Crippen molar-refractivity contribution in [2.24, 2.45) is 0 Å². The highest BCUT2D eigenvalue weighted by atomic mass is 16.5. The number of anilines is 2. The molecular weight excluding hydrogens is 560 g/mol. The molecule has 0 radical (unpaired) electrons. The fourth-order valence-corrected chi connectivity index (χ4v) is 5.23. The molecule has 5 rings (SSSR count). The highest BCUT2D eigenvalue weighted by Crippen LogP contribution is 2.35. The second-order valence-corrected chi connectivity index (χ2v) is 10.2. The number of nitrogens with zero attached hydrogens (tertiary/aromatic N) is 4. The van der Waals surface area contributed by atoms with E-state index in [0.29, 0.717) is 48.5 Å². The minimum atomic E-state index is -0.639. The SMILES string of the molecule is CCOC(=O)c1cn(Cc2ccncc2)c2cc(CCc3cc(Cc4cnc(N)nc4N)cc(OC)c3OC)ccc2c1=O. The zero-order chi connectivity index (χ0) is 31.2. The van der Waals surface area contributed by atoms with Gasteiger partial charge in [-0.2, -0.15) is 4.98 Å². The van der Waals surface area contributed by atoms with Crippen molar-refractivity contribution in [1.29, 1.82) is 0 Å².